The predicted molar refractivity (Wildman–Crippen MR) is 77.3 cm³/mol. The van der Waals surface area contributed by atoms with Crippen molar-refractivity contribution in [2.24, 2.45) is 0 Å². The number of H-pyrrole nitrogens is 1. The highest BCUT2D eigenvalue weighted by Gasteiger charge is 2.04. The minimum atomic E-state index is 0.489. The SMILES string of the molecule is Cc1nc(CCCOCc2ccccc2)[nH]c1CCl. The second kappa shape index (κ2) is 7.31. The fourth-order valence-electron chi connectivity index (χ4n) is 1.92. The molecule has 1 aromatic carbocycles. The van der Waals surface area contributed by atoms with Gasteiger partial charge in [0, 0.05) is 13.0 Å². The lowest BCUT2D eigenvalue weighted by Crippen LogP contribution is -1.98. The average Bonchev–Trinajstić information content (AvgIpc) is 2.80. The lowest BCUT2D eigenvalue weighted by atomic mass is 10.2. The van der Waals surface area contributed by atoms with Crippen LogP contribution >= 0.6 is 11.6 Å². The van der Waals surface area contributed by atoms with E-state index in [-0.39, 0.29) is 0 Å². The maximum atomic E-state index is 5.80. The number of nitrogens with zero attached hydrogens (tertiary/aromatic N) is 1. The molecule has 3 nitrogen and oxygen atoms in total. The smallest absolute Gasteiger partial charge is 0.106 e. The molecule has 0 amide bonds. The number of imidazole rings is 1. The number of aromatic amines is 1. The van der Waals surface area contributed by atoms with Crippen molar-refractivity contribution in [3.05, 3.63) is 53.1 Å². The summed E-state index contributed by atoms with van der Waals surface area (Å²) in [6.45, 7) is 3.39. The highest BCUT2D eigenvalue weighted by Crippen LogP contribution is 2.09. The summed E-state index contributed by atoms with van der Waals surface area (Å²) in [7, 11) is 0. The minimum absolute atomic E-state index is 0.489. The van der Waals surface area contributed by atoms with E-state index < -0.39 is 0 Å². The van der Waals surface area contributed by atoms with Gasteiger partial charge in [-0.15, -0.1) is 11.6 Å². The van der Waals surface area contributed by atoms with Crippen LogP contribution in [0.25, 0.3) is 0 Å². The molecule has 0 fully saturated rings. The molecule has 19 heavy (non-hydrogen) atoms. The molecular weight excluding hydrogens is 260 g/mol. The van der Waals surface area contributed by atoms with Crippen LogP contribution in [-0.2, 0) is 23.6 Å². The number of hydrogen-bond acceptors (Lipinski definition) is 2. The van der Waals surface area contributed by atoms with E-state index in [0.29, 0.717) is 12.5 Å². The molecule has 0 atom stereocenters. The van der Waals surface area contributed by atoms with Gasteiger partial charge in [0.25, 0.3) is 0 Å². The maximum absolute atomic E-state index is 5.80. The number of halogens is 1. The number of nitrogens with one attached hydrogen (secondary N) is 1. The van der Waals surface area contributed by atoms with Gasteiger partial charge in [0.15, 0.2) is 0 Å². The molecule has 0 unspecified atom stereocenters. The molecule has 1 heterocycles. The first-order chi connectivity index (χ1) is 9.29. The van der Waals surface area contributed by atoms with Gasteiger partial charge in [0.1, 0.15) is 5.82 Å². The third-order valence-electron chi connectivity index (χ3n) is 2.98. The topological polar surface area (TPSA) is 37.9 Å². The van der Waals surface area contributed by atoms with Gasteiger partial charge in [-0.05, 0) is 18.9 Å². The molecule has 0 spiro atoms. The van der Waals surface area contributed by atoms with E-state index in [1.165, 1.54) is 5.56 Å². The van der Waals surface area contributed by atoms with Crippen molar-refractivity contribution >= 4 is 11.6 Å². The Labute approximate surface area is 119 Å². The first-order valence-corrected chi connectivity index (χ1v) is 7.05. The van der Waals surface area contributed by atoms with Gasteiger partial charge >= 0.3 is 0 Å². The summed E-state index contributed by atoms with van der Waals surface area (Å²) in [6.07, 6.45) is 1.86. The highest BCUT2D eigenvalue weighted by atomic mass is 35.5. The van der Waals surface area contributed by atoms with Gasteiger partial charge in [0.05, 0.1) is 23.9 Å². The molecule has 0 saturated heterocycles. The molecule has 1 N–H and O–H groups in total. The third kappa shape index (κ3) is 4.37. The van der Waals surface area contributed by atoms with Crippen molar-refractivity contribution in [1.29, 1.82) is 0 Å². The van der Waals surface area contributed by atoms with Crippen molar-refractivity contribution in [1.82, 2.24) is 9.97 Å². The van der Waals surface area contributed by atoms with E-state index in [0.717, 1.165) is 36.7 Å². The van der Waals surface area contributed by atoms with Crippen molar-refractivity contribution in [2.45, 2.75) is 32.3 Å². The van der Waals surface area contributed by atoms with E-state index in [1.54, 1.807) is 0 Å². The summed E-state index contributed by atoms with van der Waals surface area (Å²) < 4.78 is 5.64. The molecule has 0 aliphatic rings. The normalized spacial score (nSPS) is 10.8. The summed E-state index contributed by atoms with van der Waals surface area (Å²) in [6, 6.07) is 10.2. The van der Waals surface area contributed by atoms with Crippen LogP contribution in [-0.4, -0.2) is 16.6 Å². The van der Waals surface area contributed by atoms with Crippen LogP contribution in [0.3, 0.4) is 0 Å². The minimum Gasteiger partial charge on any atom is -0.377 e. The Morgan fingerprint density at radius 2 is 2.05 bits per heavy atom. The Bertz CT molecular complexity index is 496. The molecular formula is C15H19ClN2O. The van der Waals surface area contributed by atoms with E-state index in [1.807, 2.05) is 25.1 Å². The molecule has 0 radical (unpaired) electrons. The largest absolute Gasteiger partial charge is 0.377 e. The van der Waals surface area contributed by atoms with Crippen LogP contribution in [0.5, 0.6) is 0 Å². The fourth-order valence-corrected chi connectivity index (χ4v) is 2.18. The monoisotopic (exact) mass is 278 g/mol. The summed E-state index contributed by atoms with van der Waals surface area (Å²) in [5, 5.41) is 0. The summed E-state index contributed by atoms with van der Waals surface area (Å²) in [5.41, 5.74) is 3.22. The van der Waals surface area contributed by atoms with Gasteiger partial charge in [-0.1, -0.05) is 30.3 Å². The van der Waals surface area contributed by atoms with Crippen LogP contribution in [0.4, 0.5) is 0 Å². The third-order valence-corrected chi connectivity index (χ3v) is 3.25. The average molecular weight is 279 g/mol. The Balaban J connectivity index is 1.66. The Morgan fingerprint density at radius 1 is 1.26 bits per heavy atom. The fraction of sp³-hybridized carbons (Fsp3) is 0.400. The molecule has 1 aromatic heterocycles. The molecule has 2 rings (SSSR count). The van der Waals surface area contributed by atoms with Crippen LogP contribution in [0.15, 0.2) is 30.3 Å². The van der Waals surface area contributed by atoms with Crippen molar-refractivity contribution in [2.75, 3.05) is 6.61 Å². The summed E-state index contributed by atoms with van der Waals surface area (Å²) >= 11 is 5.80. The maximum Gasteiger partial charge on any atom is 0.106 e. The second-order valence-electron chi connectivity index (χ2n) is 4.52. The molecule has 4 heteroatoms. The lowest BCUT2D eigenvalue weighted by Gasteiger charge is -2.03. The van der Waals surface area contributed by atoms with Crippen LogP contribution < -0.4 is 0 Å². The summed E-state index contributed by atoms with van der Waals surface area (Å²) in [4.78, 5) is 7.68. The first-order valence-electron chi connectivity index (χ1n) is 6.51. The molecule has 2 aromatic rings. The quantitative estimate of drug-likeness (QED) is 0.621. The Hall–Kier alpha value is -1.32. The predicted octanol–water partition coefficient (Wildman–Crippen LogP) is 3.61. The number of ether oxygens (including phenoxy) is 1. The number of aryl methyl sites for hydroxylation is 2. The number of hydrogen-bond donors (Lipinski definition) is 1. The van der Waals surface area contributed by atoms with E-state index in [2.05, 4.69) is 22.1 Å². The van der Waals surface area contributed by atoms with Crippen LogP contribution in [0, 0.1) is 6.92 Å². The summed E-state index contributed by atoms with van der Waals surface area (Å²) in [5.74, 6) is 1.49. The lowest BCUT2D eigenvalue weighted by molar-refractivity contribution is 0.118. The molecule has 0 bridgehead atoms. The number of aromatic nitrogens is 2. The van der Waals surface area contributed by atoms with Gasteiger partial charge in [-0.2, -0.15) is 0 Å². The number of alkyl halides is 1. The number of rotatable bonds is 7. The Morgan fingerprint density at radius 3 is 2.74 bits per heavy atom. The zero-order valence-electron chi connectivity index (χ0n) is 11.2. The molecule has 0 saturated carbocycles. The molecule has 0 aliphatic carbocycles. The van der Waals surface area contributed by atoms with Gasteiger partial charge in [-0.25, -0.2) is 4.98 Å². The zero-order chi connectivity index (χ0) is 13.5. The standard InChI is InChI=1S/C15H19ClN2O/c1-12-14(10-16)18-15(17-12)8-5-9-19-11-13-6-3-2-4-7-13/h2-4,6-7H,5,8-11H2,1H3,(H,17,18). The van der Waals surface area contributed by atoms with Gasteiger partial charge in [0.2, 0.25) is 0 Å². The van der Waals surface area contributed by atoms with Gasteiger partial charge in [-0.3, -0.25) is 0 Å². The first kappa shape index (κ1) is 14.1. The van der Waals surface area contributed by atoms with E-state index in [9.17, 15) is 0 Å². The van der Waals surface area contributed by atoms with Crippen molar-refractivity contribution in [3.8, 4) is 0 Å². The van der Waals surface area contributed by atoms with Gasteiger partial charge < -0.3 is 9.72 Å². The Kier molecular flexibility index (Phi) is 5.43. The van der Waals surface area contributed by atoms with Crippen LogP contribution in [0.1, 0.15) is 29.2 Å². The van der Waals surface area contributed by atoms with Crippen molar-refractivity contribution < 1.29 is 4.74 Å². The molecule has 0 aliphatic heterocycles. The van der Waals surface area contributed by atoms with Crippen LogP contribution in [0.2, 0.25) is 0 Å². The van der Waals surface area contributed by atoms with Crippen molar-refractivity contribution in [3.63, 3.8) is 0 Å². The second-order valence-corrected chi connectivity index (χ2v) is 4.79. The highest BCUT2D eigenvalue weighted by molar-refractivity contribution is 6.16. The van der Waals surface area contributed by atoms with E-state index in [4.69, 9.17) is 16.3 Å². The number of benzene rings is 1. The van der Waals surface area contributed by atoms with E-state index >= 15 is 0 Å². The molecule has 102 valence electrons. The zero-order valence-corrected chi connectivity index (χ0v) is 11.9.